The number of benzene rings is 1. The number of unbranched alkanes of at least 4 members (excludes halogenated alkanes) is 2. The minimum atomic E-state index is -4.33. The van der Waals surface area contributed by atoms with Crippen LogP contribution in [-0.4, -0.2) is 16.8 Å². The summed E-state index contributed by atoms with van der Waals surface area (Å²) in [7, 11) is 0. The maximum Gasteiger partial charge on any atom is 0.340 e. The molecule has 0 fully saturated rings. The summed E-state index contributed by atoms with van der Waals surface area (Å²) in [6, 6.07) is 9.52. The van der Waals surface area contributed by atoms with E-state index in [1.54, 1.807) is 18.2 Å². The quantitative estimate of drug-likeness (QED) is 0.320. The van der Waals surface area contributed by atoms with Gasteiger partial charge >= 0.3 is 11.8 Å². The zero-order chi connectivity index (χ0) is 21.8. The molecule has 3 rings (SSSR count). The third-order valence-corrected chi connectivity index (χ3v) is 5.46. The number of aromatic nitrogens is 1. The number of aryl methyl sites for hydroxylation is 2. The highest BCUT2D eigenvalue weighted by Gasteiger charge is 2.62. The van der Waals surface area contributed by atoms with Gasteiger partial charge in [-0.25, -0.2) is 0 Å². The molecule has 1 heterocycles. The van der Waals surface area contributed by atoms with E-state index in [0.29, 0.717) is 0 Å². The van der Waals surface area contributed by atoms with Gasteiger partial charge < -0.3 is 0 Å². The van der Waals surface area contributed by atoms with Crippen LogP contribution in [0.2, 0.25) is 0 Å². The maximum atomic E-state index is 14.9. The highest BCUT2D eigenvalue weighted by Crippen LogP contribution is 2.53. The Morgan fingerprint density at radius 3 is 1.83 bits per heavy atom. The summed E-state index contributed by atoms with van der Waals surface area (Å²) in [4.78, 5) is 4.20. The molecule has 1 aliphatic rings. The molecule has 1 aromatic carbocycles. The molecule has 0 atom stereocenters. The first-order valence-corrected chi connectivity index (χ1v) is 10.5. The molecule has 1 aliphatic carbocycles. The number of alkyl halides is 4. The van der Waals surface area contributed by atoms with Crippen LogP contribution < -0.4 is 0 Å². The second kappa shape index (κ2) is 9.15. The second-order valence-corrected chi connectivity index (χ2v) is 7.75. The average Bonchev–Trinajstić information content (AvgIpc) is 2.72. The van der Waals surface area contributed by atoms with Gasteiger partial charge in [0.1, 0.15) is 0 Å². The molecular formula is C25H27F4N. The standard InChI is InChI=1S/C25H27F4N/c1-3-5-6-8-21-14-13-20(17-30-21)23-16-15-22(24(26,27)25(23,28)29)19-11-9-18(7-4-2)10-12-19/h9-17H,3-8H2,1-2H3. The molecule has 5 heteroatoms. The van der Waals surface area contributed by atoms with Gasteiger partial charge in [-0.2, -0.15) is 17.6 Å². The van der Waals surface area contributed by atoms with Crippen LogP contribution in [0.15, 0.2) is 54.7 Å². The normalized spacial score (nSPS) is 17.4. The molecule has 0 saturated carbocycles. The van der Waals surface area contributed by atoms with Crippen LogP contribution in [0.5, 0.6) is 0 Å². The van der Waals surface area contributed by atoms with Crippen LogP contribution in [0.1, 0.15) is 61.9 Å². The lowest BCUT2D eigenvalue weighted by atomic mass is 9.84. The lowest BCUT2D eigenvalue weighted by Gasteiger charge is -2.33. The van der Waals surface area contributed by atoms with Crippen molar-refractivity contribution in [3.8, 4) is 0 Å². The molecule has 1 aromatic heterocycles. The number of pyridine rings is 1. The summed E-state index contributed by atoms with van der Waals surface area (Å²) < 4.78 is 59.7. The second-order valence-electron chi connectivity index (χ2n) is 7.75. The van der Waals surface area contributed by atoms with Crippen LogP contribution in [-0.2, 0) is 12.8 Å². The van der Waals surface area contributed by atoms with E-state index in [1.165, 1.54) is 24.4 Å². The van der Waals surface area contributed by atoms with Crippen molar-refractivity contribution in [3.05, 3.63) is 77.1 Å². The molecule has 0 N–H and O–H groups in total. The molecule has 30 heavy (non-hydrogen) atoms. The molecule has 1 nitrogen and oxygen atoms in total. The van der Waals surface area contributed by atoms with Crippen molar-refractivity contribution >= 4 is 11.1 Å². The van der Waals surface area contributed by atoms with Crippen molar-refractivity contribution in [1.82, 2.24) is 4.98 Å². The third kappa shape index (κ3) is 4.35. The van der Waals surface area contributed by atoms with E-state index in [0.717, 1.165) is 61.9 Å². The maximum absolute atomic E-state index is 14.9. The van der Waals surface area contributed by atoms with Crippen LogP contribution in [0.3, 0.4) is 0 Å². The molecule has 0 unspecified atom stereocenters. The van der Waals surface area contributed by atoms with E-state index < -0.39 is 23.0 Å². The number of hydrogen-bond acceptors (Lipinski definition) is 1. The Morgan fingerprint density at radius 2 is 1.30 bits per heavy atom. The lowest BCUT2D eigenvalue weighted by molar-refractivity contribution is -0.133. The number of rotatable bonds is 8. The Kier molecular flexibility index (Phi) is 6.79. The molecule has 0 radical (unpaired) electrons. The highest BCUT2D eigenvalue weighted by molar-refractivity contribution is 5.86. The summed E-state index contributed by atoms with van der Waals surface area (Å²) in [5, 5.41) is 0. The highest BCUT2D eigenvalue weighted by atomic mass is 19.3. The van der Waals surface area contributed by atoms with Crippen molar-refractivity contribution < 1.29 is 17.6 Å². The van der Waals surface area contributed by atoms with Gasteiger partial charge in [-0.15, -0.1) is 0 Å². The molecular weight excluding hydrogens is 390 g/mol. The predicted octanol–water partition coefficient (Wildman–Crippen LogP) is 7.52. The molecule has 160 valence electrons. The third-order valence-electron chi connectivity index (χ3n) is 5.46. The minimum Gasteiger partial charge on any atom is -0.261 e. The van der Waals surface area contributed by atoms with E-state index in [4.69, 9.17) is 0 Å². The minimum absolute atomic E-state index is 0.0208. The van der Waals surface area contributed by atoms with Gasteiger partial charge in [-0.05, 0) is 36.5 Å². The van der Waals surface area contributed by atoms with Crippen molar-refractivity contribution in [2.24, 2.45) is 0 Å². The Bertz CT molecular complexity index is 909. The van der Waals surface area contributed by atoms with Crippen LogP contribution >= 0.6 is 0 Å². The average molecular weight is 417 g/mol. The Balaban J connectivity index is 1.91. The van der Waals surface area contributed by atoms with E-state index in [1.807, 2.05) is 6.92 Å². The van der Waals surface area contributed by atoms with Crippen molar-refractivity contribution in [2.45, 2.75) is 64.2 Å². The van der Waals surface area contributed by atoms with Gasteiger partial charge in [0.15, 0.2) is 0 Å². The first-order chi connectivity index (χ1) is 14.3. The van der Waals surface area contributed by atoms with Gasteiger partial charge in [0.2, 0.25) is 0 Å². The Hall–Kier alpha value is -2.43. The summed E-state index contributed by atoms with van der Waals surface area (Å²) in [5.41, 5.74) is 0.540. The SMILES string of the molecule is CCCCCc1ccc(C2=CC=C(c3ccc(CCC)cc3)C(F)(F)C2(F)F)cn1. The van der Waals surface area contributed by atoms with E-state index >= 15 is 0 Å². The zero-order valence-electron chi connectivity index (χ0n) is 17.4. The fourth-order valence-electron chi connectivity index (χ4n) is 3.70. The van der Waals surface area contributed by atoms with E-state index in [2.05, 4.69) is 11.9 Å². The predicted molar refractivity (Wildman–Crippen MR) is 114 cm³/mol. The van der Waals surface area contributed by atoms with Crippen molar-refractivity contribution in [1.29, 1.82) is 0 Å². The summed E-state index contributed by atoms with van der Waals surface area (Å²) >= 11 is 0. The number of halogens is 4. The van der Waals surface area contributed by atoms with E-state index in [9.17, 15) is 17.6 Å². The van der Waals surface area contributed by atoms with Gasteiger partial charge in [0, 0.05) is 28.6 Å². The summed E-state index contributed by atoms with van der Waals surface area (Å²) in [6.07, 6.45) is 9.06. The molecule has 0 spiro atoms. The van der Waals surface area contributed by atoms with Crippen LogP contribution in [0.4, 0.5) is 17.6 Å². The van der Waals surface area contributed by atoms with Crippen LogP contribution in [0, 0.1) is 0 Å². The topological polar surface area (TPSA) is 12.9 Å². The molecule has 0 amide bonds. The monoisotopic (exact) mass is 417 g/mol. The first kappa shape index (κ1) is 22.3. The van der Waals surface area contributed by atoms with Gasteiger partial charge in [0.05, 0.1) is 0 Å². The van der Waals surface area contributed by atoms with Gasteiger partial charge in [0.25, 0.3) is 0 Å². The smallest absolute Gasteiger partial charge is 0.261 e. The Morgan fingerprint density at radius 1 is 0.700 bits per heavy atom. The summed E-state index contributed by atoms with van der Waals surface area (Å²) in [6.45, 7) is 4.11. The number of allylic oxidation sites excluding steroid dienone is 4. The fraction of sp³-hybridized carbons (Fsp3) is 0.400. The van der Waals surface area contributed by atoms with Gasteiger partial charge in [-0.1, -0.05) is 75.6 Å². The number of hydrogen-bond donors (Lipinski definition) is 0. The fourth-order valence-corrected chi connectivity index (χ4v) is 3.70. The molecule has 0 saturated heterocycles. The van der Waals surface area contributed by atoms with Gasteiger partial charge in [-0.3, -0.25) is 4.98 Å². The first-order valence-electron chi connectivity index (χ1n) is 10.5. The molecule has 0 bridgehead atoms. The largest absolute Gasteiger partial charge is 0.340 e. The van der Waals surface area contributed by atoms with E-state index in [-0.39, 0.29) is 11.1 Å². The molecule has 2 aromatic rings. The lowest BCUT2D eigenvalue weighted by Crippen LogP contribution is -2.44. The molecule has 0 aliphatic heterocycles. The number of nitrogens with zero attached hydrogens (tertiary/aromatic N) is 1. The van der Waals surface area contributed by atoms with Crippen molar-refractivity contribution in [2.75, 3.05) is 0 Å². The zero-order valence-corrected chi connectivity index (χ0v) is 17.4. The van der Waals surface area contributed by atoms with Crippen molar-refractivity contribution in [3.63, 3.8) is 0 Å². The Labute approximate surface area is 175 Å². The summed E-state index contributed by atoms with van der Waals surface area (Å²) in [5.74, 6) is -8.65. The van der Waals surface area contributed by atoms with Crippen LogP contribution in [0.25, 0.3) is 11.1 Å².